The number of benzene rings is 1. The molecule has 4 rings (SSSR count). The van der Waals surface area contributed by atoms with Crippen molar-refractivity contribution in [3.63, 3.8) is 0 Å². The highest BCUT2D eigenvalue weighted by Crippen LogP contribution is 2.48. The molecule has 0 bridgehead atoms. The summed E-state index contributed by atoms with van der Waals surface area (Å²) in [6, 6.07) is 11.3. The van der Waals surface area contributed by atoms with Crippen LogP contribution in [0.3, 0.4) is 0 Å². The van der Waals surface area contributed by atoms with Crippen LogP contribution in [0.2, 0.25) is 0 Å². The number of ketones is 1. The SMILES string of the molecule is Cc1cc2c(n1CCN1CCOCC1)SC(C(=O)c1ccc(C#N)cc1)C2C. The number of Topliss-reactive ketones (excluding diaryl/α,β-unsaturated/α-hetero) is 1. The van der Waals surface area contributed by atoms with Crippen molar-refractivity contribution < 1.29 is 9.53 Å². The highest BCUT2D eigenvalue weighted by atomic mass is 32.2. The van der Waals surface area contributed by atoms with Crippen LogP contribution in [0.25, 0.3) is 0 Å². The Kier molecular flexibility index (Phi) is 5.58. The first-order valence-electron chi connectivity index (χ1n) is 9.79. The number of carbonyl (C=O) groups excluding carboxylic acids is 1. The summed E-state index contributed by atoms with van der Waals surface area (Å²) in [5.74, 6) is 0.335. The molecule has 3 heterocycles. The Morgan fingerprint density at radius 2 is 1.96 bits per heavy atom. The average molecular weight is 396 g/mol. The summed E-state index contributed by atoms with van der Waals surface area (Å²) in [6.45, 7) is 9.87. The first-order chi connectivity index (χ1) is 13.6. The summed E-state index contributed by atoms with van der Waals surface area (Å²) in [6.07, 6.45) is 0. The summed E-state index contributed by atoms with van der Waals surface area (Å²) in [7, 11) is 0. The number of aromatic nitrogens is 1. The molecule has 146 valence electrons. The van der Waals surface area contributed by atoms with Crippen LogP contribution in [-0.2, 0) is 11.3 Å². The minimum absolute atomic E-state index is 0.104. The van der Waals surface area contributed by atoms with Crippen molar-refractivity contribution in [1.29, 1.82) is 5.26 Å². The molecule has 0 amide bonds. The van der Waals surface area contributed by atoms with E-state index < -0.39 is 0 Å². The molecule has 1 fully saturated rings. The number of ether oxygens (including phenoxy) is 1. The Bertz CT molecular complexity index is 907. The Morgan fingerprint density at radius 3 is 2.64 bits per heavy atom. The maximum atomic E-state index is 13.1. The van der Waals surface area contributed by atoms with Gasteiger partial charge in [0, 0.05) is 43.4 Å². The van der Waals surface area contributed by atoms with Crippen LogP contribution in [0.15, 0.2) is 35.4 Å². The lowest BCUT2D eigenvalue weighted by molar-refractivity contribution is 0.0361. The lowest BCUT2D eigenvalue weighted by Gasteiger charge is -2.27. The number of morpholine rings is 1. The first kappa shape index (κ1) is 19.3. The van der Waals surface area contributed by atoms with E-state index in [1.54, 1.807) is 36.0 Å². The van der Waals surface area contributed by atoms with Crippen LogP contribution in [0, 0.1) is 18.3 Å². The summed E-state index contributed by atoms with van der Waals surface area (Å²) < 4.78 is 7.81. The predicted molar refractivity (Wildman–Crippen MR) is 110 cm³/mol. The zero-order valence-corrected chi connectivity index (χ0v) is 17.2. The van der Waals surface area contributed by atoms with Gasteiger partial charge in [-0.25, -0.2) is 0 Å². The van der Waals surface area contributed by atoms with Crippen molar-refractivity contribution in [1.82, 2.24) is 9.47 Å². The van der Waals surface area contributed by atoms with Gasteiger partial charge in [-0.15, -0.1) is 0 Å². The topological polar surface area (TPSA) is 58.3 Å². The van der Waals surface area contributed by atoms with Gasteiger partial charge in [-0.05, 0) is 30.7 Å². The summed E-state index contributed by atoms with van der Waals surface area (Å²) in [5.41, 5.74) is 3.82. The number of thioether (sulfide) groups is 1. The molecule has 1 saturated heterocycles. The van der Waals surface area contributed by atoms with Gasteiger partial charge in [0.25, 0.3) is 0 Å². The number of nitriles is 1. The number of rotatable bonds is 5. The van der Waals surface area contributed by atoms with E-state index >= 15 is 0 Å². The van der Waals surface area contributed by atoms with E-state index in [1.807, 2.05) is 0 Å². The monoisotopic (exact) mass is 395 g/mol. The lowest BCUT2D eigenvalue weighted by atomic mass is 9.94. The molecule has 2 atom stereocenters. The molecule has 0 saturated carbocycles. The molecular weight excluding hydrogens is 370 g/mol. The third-order valence-electron chi connectivity index (χ3n) is 5.77. The van der Waals surface area contributed by atoms with Gasteiger partial charge in [-0.2, -0.15) is 5.26 Å². The Hall–Kier alpha value is -2.07. The van der Waals surface area contributed by atoms with E-state index in [-0.39, 0.29) is 17.0 Å². The largest absolute Gasteiger partial charge is 0.379 e. The van der Waals surface area contributed by atoms with E-state index in [0.29, 0.717) is 11.1 Å². The van der Waals surface area contributed by atoms with E-state index in [4.69, 9.17) is 10.00 Å². The molecule has 28 heavy (non-hydrogen) atoms. The van der Waals surface area contributed by atoms with Crippen molar-refractivity contribution in [2.24, 2.45) is 0 Å². The number of carbonyl (C=O) groups is 1. The van der Waals surface area contributed by atoms with Crippen molar-refractivity contribution in [2.75, 3.05) is 32.8 Å². The zero-order valence-electron chi connectivity index (χ0n) is 16.4. The Labute approximate surface area is 170 Å². The zero-order chi connectivity index (χ0) is 19.7. The van der Waals surface area contributed by atoms with Gasteiger partial charge < -0.3 is 9.30 Å². The number of aryl methyl sites for hydroxylation is 1. The highest BCUT2D eigenvalue weighted by Gasteiger charge is 2.38. The van der Waals surface area contributed by atoms with Crippen molar-refractivity contribution in [3.8, 4) is 6.07 Å². The second kappa shape index (κ2) is 8.12. The number of hydrogen-bond donors (Lipinski definition) is 0. The molecule has 2 aromatic rings. The molecular formula is C22H25N3O2S. The number of fused-ring (bicyclic) bond motifs is 1. The molecule has 1 aromatic heterocycles. The van der Waals surface area contributed by atoms with Crippen LogP contribution in [-0.4, -0.2) is 53.3 Å². The van der Waals surface area contributed by atoms with Gasteiger partial charge in [0.2, 0.25) is 0 Å². The second-order valence-electron chi connectivity index (χ2n) is 7.53. The summed E-state index contributed by atoms with van der Waals surface area (Å²) in [5, 5.41) is 10.1. The van der Waals surface area contributed by atoms with Crippen LogP contribution >= 0.6 is 11.8 Å². The molecule has 0 aliphatic carbocycles. The molecule has 2 aliphatic rings. The fourth-order valence-electron chi connectivity index (χ4n) is 4.02. The highest BCUT2D eigenvalue weighted by molar-refractivity contribution is 8.01. The maximum absolute atomic E-state index is 13.1. The Morgan fingerprint density at radius 1 is 1.25 bits per heavy atom. The van der Waals surface area contributed by atoms with Crippen LogP contribution in [0.1, 0.15) is 40.0 Å². The fraction of sp³-hybridized carbons (Fsp3) is 0.455. The number of hydrogen-bond acceptors (Lipinski definition) is 5. The van der Waals surface area contributed by atoms with Crippen molar-refractivity contribution in [2.45, 2.75) is 36.6 Å². The minimum Gasteiger partial charge on any atom is -0.379 e. The van der Waals surface area contributed by atoms with E-state index in [0.717, 1.165) is 39.4 Å². The fourth-order valence-corrected chi connectivity index (χ4v) is 5.60. The molecule has 0 spiro atoms. The molecule has 2 unspecified atom stereocenters. The second-order valence-corrected chi connectivity index (χ2v) is 8.66. The molecule has 5 nitrogen and oxygen atoms in total. The third-order valence-corrected chi connectivity index (χ3v) is 7.32. The Balaban J connectivity index is 1.49. The van der Waals surface area contributed by atoms with E-state index in [2.05, 4.69) is 35.5 Å². The smallest absolute Gasteiger partial charge is 0.176 e. The van der Waals surface area contributed by atoms with E-state index in [1.165, 1.54) is 16.3 Å². The average Bonchev–Trinajstić information content (AvgIpc) is 3.21. The van der Waals surface area contributed by atoms with Crippen molar-refractivity contribution >= 4 is 17.5 Å². The number of nitrogens with zero attached hydrogens (tertiary/aromatic N) is 3. The molecule has 2 aliphatic heterocycles. The summed E-state index contributed by atoms with van der Waals surface area (Å²) in [4.78, 5) is 15.5. The minimum atomic E-state index is -0.104. The van der Waals surface area contributed by atoms with Crippen molar-refractivity contribution in [3.05, 3.63) is 52.7 Å². The molecule has 6 heteroatoms. The van der Waals surface area contributed by atoms with Gasteiger partial charge in [0.15, 0.2) is 5.78 Å². The summed E-state index contributed by atoms with van der Waals surface area (Å²) >= 11 is 1.70. The predicted octanol–water partition coefficient (Wildman–Crippen LogP) is 3.46. The van der Waals surface area contributed by atoms with Gasteiger partial charge in [-0.1, -0.05) is 30.8 Å². The first-order valence-corrected chi connectivity index (χ1v) is 10.7. The van der Waals surface area contributed by atoms with Gasteiger partial charge in [-0.3, -0.25) is 9.69 Å². The van der Waals surface area contributed by atoms with Gasteiger partial charge in [0.05, 0.1) is 35.1 Å². The maximum Gasteiger partial charge on any atom is 0.176 e. The quantitative estimate of drug-likeness (QED) is 0.726. The van der Waals surface area contributed by atoms with Crippen LogP contribution in [0.5, 0.6) is 0 Å². The standard InChI is InChI=1S/C22H25N3O2S/c1-15-13-19-16(2)21(20(26)18-5-3-17(14-23)4-6-18)28-22(19)25(15)8-7-24-9-11-27-12-10-24/h3-6,13,16,21H,7-12H2,1-2H3. The lowest BCUT2D eigenvalue weighted by Crippen LogP contribution is -2.38. The molecule has 0 radical (unpaired) electrons. The van der Waals surface area contributed by atoms with Gasteiger partial charge >= 0.3 is 0 Å². The normalized spacial score (nSPS) is 22.0. The van der Waals surface area contributed by atoms with E-state index in [9.17, 15) is 4.79 Å². The van der Waals surface area contributed by atoms with Crippen LogP contribution in [0.4, 0.5) is 0 Å². The third kappa shape index (κ3) is 3.62. The van der Waals surface area contributed by atoms with Gasteiger partial charge in [0.1, 0.15) is 0 Å². The molecule has 1 aromatic carbocycles. The van der Waals surface area contributed by atoms with Crippen LogP contribution < -0.4 is 0 Å². The molecule has 0 N–H and O–H groups in total.